The van der Waals surface area contributed by atoms with Crippen molar-refractivity contribution in [1.82, 2.24) is 19.8 Å². The minimum Gasteiger partial charge on any atom is -0.352 e. The van der Waals surface area contributed by atoms with E-state index in [-0.39, 0.29) is 5.91 Å². The quantitative estimate of drug-likeness (QED) is 0.345. The molecule has 1 saturated carbocycles. The summed E-state index contributed by atoms with van der Waals surface area (Å²) in [7, 11) is 4.09. The number of rotatable bonds is 8. The highest BCUT2D eigenvalue weighted by molar-refractivity contribution is 5.98. The highest BCUT2D eigenvalue weighted by Gasteiger charge is 2.26. The van der Waals surface area contributed by atoms with Gasteiger partial charge < -0.3 is 14.8 Å². The summed E-state index contributed by atoms with van der Waals surface area (Å²) in [5.74, 6) is 0.968. The molecule has 0 saturated heterocycles. The first-order valence-electron chi connectivity index (χ1n) is 12.2. The number of hydrogen-bond donors (Lipinski definition) is 1. The van der Waals surface area contributed by atoms with Crippen LogP contribution in [0.2, 0.25) is 0 Å². The molecule has 0 aliphatic heterocycles. The van der Waals surface area contributed by atoms with Gasteiger partial charge in [0.05, 0.1) is 11.0 Å². The molecule has 1 aromatic heterocycles. The maximum absolute atomic E-state index is 12.8. The van der Waals surface area contributed by atoms with E-state index in [0.717, 1.165) is 48.2 Å². The number of imidazole rings is 1. The average Bonchev–Trinajstić information content (AvgIpc) is 3.19. The minimum atomic E-state index is -0.0189. The second-order valence-corrected chi connectivity index (χ2v) is 9.45. The van der Waals surface area contributed by atoms with Crippen LogP contribution in [0.3, 0.4) is 0 Å². The Hall–Kier alpha value is -3.44. The summed E-state index contributed by atoms with van der Waals surface area (Å²) < 4.78 is 2.37. The van der Waals surface area contributed by atoms with Crippen LogP contribution in [0, 0.1) is 0 Å². The topological polar surface area (TPSA) is 50.2 Å². The fraction of sp³-hybridized carbons (Fsp3) is 0.310. The largest absolute Gasteiger partial charge is 0.352 e. The molecule has 1 aliphatic carbocycles. The molecule has 174 valence electrons. The first kappa shape index (κ1) is 22.4. The summed E-state index contributed by atoms with van der Waals surface area (Å²) in [6, 6.07) is 25.4. The lowest BCUT2D eigenvalue weighted by Crippen LogP contribution is -2.27. The van der Waals surface area contributed by atoms with Crippen LogP contribution in [-0.4, -0.2) is 47.5 Å². The van der Waals surface area contributed by atoms with E-state index in [4.69, 9.17) is 4.98 Å². The van der Waals surface area contributed by atoms with Gasteiger partial charge in [0.25, 0.3) is 5.91 Å². The monoisotopic (exact) mass is 452 g/mol. The summed E-state index contributed by atoms with van der Waals surface area (Å²) in [5.41, 5.74) is 6.18. The SMILES string of the molecule is CN(C)CCCNC(=O)c1ccc2nc(-c3cccc(-c4ccccc4)c3)n(C3CCC3)c2c1. The Kier molecular flexibility index (Phi) is 6.45. The van der Waals surface area contributed by atoms with Crippen LogP contribution in [0.5, 0.6) is 0 Å². The zero-order valence-electron chi connectivity index (χ0n) is 20.0. The van der Waals surface area contributed by atoms with Crippen molar-refractivity contribution in [1.29, 1.82) is 0 Å². The Morgan fingerprint density at radius 1 is 0.971 bits per heavy atom. The van der Waals surface area contributed by atoms with E-state index in [1.807, 2.05) is 38.4 Å². The number of benzene rings is 3. The van der Waals surface area contributed by atoms with Gasteiger partial charge in [-0.2, -0.15) is 0 Å². The van der Waals surface area contributed by atoms with Crippen molar-refractivity contribution in [3.8, 4) is 22.5 Å². The Balaban J connectivity index is 1.49. The third-order valence-corrected chi connectivity index (χ3v) is 6.69. The first-order valence-corrected chi connectivity index (χ1v) is 12.2. The van der Waals surface area contributed by atoms with E-state index in [9.17, 15) is 4.79 Å². The molecule has 0 unspecified atom stereocenters. The maximum atomic E-state index is 12.8. The van der Waals surface area contributed by atoms with Gasteiger partial charge in [-0.15, -0.1) is 0 Å². The maximum Gasteiger partial charge on any atom is 0.251 e. The van der Waals surface area contributed by atoms with Gasteiger partial charge in [-0.1, -0.05) is 48.5 Å². The molecule has 4 aromatic rings. The number of carbonyl (C=O) groups excluding carboxylic acids is 1. The molecule has 0 radical (unpaired) electrons. The Labute approximate surface area is 201 Å². The minimum absolute atomic E-state index is 0.0189. The third kappa shape index (κ3) is 4.62. The molecule has 0 bridgehead atoms. The first-order chi connectivity index (χ1) is 16.6. The van der Waals surface area contributed by atoms with E-state index in [0.29, 0.717) is 18.2 Å². The summed E-state index contributed by atoms with van der Waals surface area (Å²) in [6.07, 6.45) is 4.47. The number of nitrogens with zero attached hydrogens (tertiary/aromatic N) is 3. The van der Waals surface area contributed by atoms with Crippen molar-refractivity contribution in [2.24, 2.45) is 0 Å². The van der Waals surface area contributed by atoms with Crippen LogP contribution >= 0.6 is 0 Å². The van der Waals surface area contributed by atoms with Gasteiger partial charge in [0, 0.05) is 23.7 Å². The van der Waals surface area contributed by atoms with Crippen molar-refractivity contribution in [2.45, 2.75) is 31.7 Å². The molecule has 1 fully saturated rings. The molecule has 5 nitrogen and oxygen atoms in total. The molecule has 1 aliphatic rings. The smallest absolute Gasteiger partial charge is 0.251 e. The molecule has 1 amide bonds. The van der Waals surface area contributed by atoms with E-state index in [2.05, 4.69) is 63.3 Å². The average molecular weight is 453 g/mol. The van der Waals surface area contributed by atoms with Crippen molar-refractivity contribution < 1.29 is 4.79 Å². The zero-order valence-corrected chi connectivity index (χ0v) is 20.0. The number of carbonyl (C=O) groups is 1. The van der Waals surface area contributed by atoms with Crippen molar-refractivity contribution in [3.05, 3.63) is 78.4 Å². The number of aromatic nitrogens is 2. The van der Waals surface area contributed by atoms with Gasteiger partial charge in [0.15, 0.2) is 0 Å². The van der Waals surface area contributed by atoms with Crippen molar-refractivity contribution >= 4 is 16.9 Å². The van der Waals surface area contributed by atoms with Crippen LogP contribution < -0.4 is 5.32 Å². The number of nitrogens with one attached hydrogen (secondary N) is 1. The molecular formula is C29H32N4O. The molecular weight excluding hydrogens is 420 g/mol. The molecule has 34 heavy (non-hydrogen) atoms. The second kappa shape index (κ2) is 9.82. The highest BCUT2D eigenvalue weighted by atomic mass is 16.1. The predicted molar refractivity (Wildman–Crippen MR) is 139 cm³/mol. The fourth-order valence-electron chi connectivity index (χ4n) is 4.62. The zero-order chi connectivity index (χ0) is 23.5. The molecule has 0 spiro atoms. The van der Waals surface area contributed by atoms with Gasteiger partial charge in [0.2, 0.25) is 0 Å². The number of fused-ring (bicyclic) bond motifs is 1. The standard InChI is InChI=1S/C29H32N4O/c1-32(2)18-8-17-30-29(34)24-15-16-26-27(20-24)33(25-13-7-14-25)28(31-26)23-12-6-11-22(19-23)21-9-4-3-5-10-21/h3-6,9-12,15-16,19-20,25H,7-8,13-14,17-18H2,1-2H3,(H,30,34). The summed E-state index contributed by atoms with van der Waals surface area (Å²) in [6.45, 7) is 1.63. The Morgan fingerprint density at radius 3 is 2.47 bits per heavy atom. The number of amides is 1. The van der Waals surface area contributed by atoms with Crippen molar-refractivity contribution in [2.75, 3.05) is 27.2 Å². The van der Waals surface area contributed by atoms with Crippen LogP contribution in [-0.2, 0) is 0 Å². The Bertz CT molecular complexity index is 1290. The van der Waals surface area contributed by atoms with E-state index < -0.39 is 0 Å². The molecule has 3 aromatic carbocycles. The lowest BCUT2D eigenvalue weighted by molar-refractivity contribution is 0.0952. The van der Waals surface area contributed by atoms with Crippen LogP contribution in [0.4, 0.5) is 0 Å². The molecule has 1 heterocycles. The number of hydrogen-bond acceptors (Lipinski definition) is 3. The fourth-order valence-corrected chi connectivity index (χ4v) is 4.62. The van der Waals surface area contributed by atoms with Crippen LogP contribution in [0.15, 0.2) is 72.8 Å². The Morgan fingerprint density at radius 2 is 1.74 bits per heavy atom. The lowest BCUT2D eigenvalue weighted by Gasteiger charge is -2.29. The van der Waals surface area contributed by atoms with Crippen LogP contribution in [0.25, 0.3) is 33.5 Å². The van der Waals surface area contributed by atoms with Crippen LogP contribution in [0.1, 0.15) is 42.1 Å². The molecule has 1 N–H and O–H groups in total. The van der Waals surface area contributed by atoms with E-state index >= 15 is 0 Å². The van der Waals surface area contributed by atoms with E-state index in [1.54, 1.807) is 0 Å². The highest BCUT2D eigenvalue weighted by Crippen LogP contribution is 2.39. The molecule has 5 heteroatoms. The predicted octanol–water partition coefficient (Wildman–Crippen LogP) is 5.78. The van der Waals surface area contributed by atoms with E-state index in [1.165, 1.54) is 17.5 Å². The molecule has 0 atom stereocenters. The van der Waals surface area contributed by atoms with Gasteiger partial charge in [-0.3, -0.25) is 4.79 Å². The normalized spacial score (nSPS) is 13.9. The van der Waals surface area contributed by atoms with Gasteiger partial charge in [0.1, 0.15) is 5.82 Å². The summed E-state index contributed by atoms with van der Waals surface area (Å²) in [5, 5.41) is 3.06. The summed E-state index contributed by atoms with van der Waals surface area (Å²) in [4.78, 5) is 20.0. The third-order valence-electron chi connectivity index (χ3n) is 6.69. The second-order valence-electron chi connectivity index (χ2n) is 9.45. The van der Waals surface area contributed by atoms with Gasteiger partial charge in [-0.25, -0.2) is 4.98 Å². The summed E-state index contributed by atoms with van der Waals surface area (Å²) >= 11 is 0. The van der Waals surface area contributed by atoms with Gasteiger partial charge in [-0.05, 0) is 81.7 Å². The van der Waals surface area contributed by atoms with Crippen molar-refractivity contribution in [3.63, 3.8) is 0 Å². The van der Waals surface area contributed by atoms with Gasteiger partial charge >= 0.3 is 0 Å². The molecule has 5 rings (SSSR count). The lowest BCUT2D eigenvalue weighted by atomic mass is 9.92.